The molecule has 0 fully saturated rings. The Morgan fingerprint density at radius 1 is 1.15 bits per heavy atom. The molecule has 2 aromatic rings. The van der Waals surface area contributed by atoms with Gasteiger partial charge in [-0.2, -0.15) is 0 Å². The van der Waals surface area contributed by atoms with Gasteiger partial charge >= 0.3 is 0 Å². The molecule has 0 atom stereocenters. The van der Waals surface area contributed by atoms with Crippen molar-refractivity contribution in [2.45, 2.75) is 66.1 Å². The Bertz CT molecular complexity index is 762. The van der Waals surface area contributed by atoms with E-state index in [1.54, 1.807) is 0 Å². The summed E-state index contributed by atoms with van der Waals surface area (Å²) < 4.78 is 2.27. The van der Waals surface area contributed by atoms with Gasteiger partial charge in [-0.05, 0) is 44.7 Å². The average Bonchev–Trinajstić information content (AvgIpc) is 2.85. The number of rotatable bonds is 5. The van der Waals surface area contributed by atoms with E-state index in [0.717, 1.165) is 37.1 Å². The van der Waals surface area contributed by atoms with Crippen molar-refractivity contribution in [2.24, 2.45) is 4.99 Å². The lowest BCUT2D eigenvalue weighted by Gasteiger charge is -2.13. The fourth-order valence-electron chi connectivity index (χ4n) is 3.37. The molecule has 1 aromatic heterocycles. The van der Waals surface area contributed by atoms with Crippen molar-refractivity contribution in [3.63, 3.8) is 0 Å². The van der Waals surface area contributed by atoms with E-state index >= 15 is 0 Å². The van der Waals surface area contributed by atoms with Crippen LogP contribution in [0.15, 0.2) is 23.2 Å². The first kappa shape index (κ1) is 18.4. The Balaban J connectivity index is 1.66. The minimum atomic E-state index is 0.645. The Morgan fingerprint density at radius 3 is 2.85 bits per heavy atom. The van der Waals surface area contributed by atoms with Crippen LogP contribution in [0.1, 0.15) is 54.5 Å². The van der Waals surface area contributed by atoms with Crippen molar-refractivity contribution in [1.29, 1.82) is 0 Å². The highest BCUT2D eigenvalue weighted by molar-refractivity contribution is 5.79. The van der Waals surface area contributed by atoms with Crippen LogP contribution in [-0.4, -0.2) is 27.3 Å². The molecule has 26 heavy (non-hydrogen) atoms. The maximum Gasteiger partial charge on any atom is 0.191 e. The molecule has 2 N–H and O–H groups in total. The van der Waals surface area contributed by atoms with Crippen molar-refractivity contribution in [1.82, 2.24) is 25.4 Å². The molecule has 3 rings (SSSR count). The molecule has 0 saturated heterocycles. The van der Waals surface area contributed by atoms with E-state index < -0.39 is 0 Å². The third-order valence-corrected chi connectivity index (χ3v) is 4.85. The highest BCUT2D eigenvalue weighted by atomic mass is 15.3. The molecule has 0 amide bonds. The number of hydrogen-bond acceptors (Lipinski definition) is 3. The summed E-state index contributed by atoms with van der Waals surface area (Å²) in [6, 6.07) is 6.51. The van der Waals surface area contributed by atoms with Crippen LogP contribution in [0.2, 0.25) is 0 Å². The van der Waals surface area contributed by atoms with E-state index in [2.05, 4.69) is 64.4 Å². The predicted octanol–water partition coefficient (Wildman–Crippen LogP) is 2.88. The van der Waals surface area contributed by atoms with E-state index in [1.165, 1.54) is 36.0 Å². The zero-order valence-electron chi connectivity index (χ0n) is 16.2. The summed E-state index contributed by atoms with van der Waals surface area (Å²) in [7, 11) is 0. The largest absolute Gasteiger partial charge is 0.357 e. The fraction of sp³-hybridized carbons (Fsp3) is 0.550. The van der Waals surface area contributed by atoms with Crippen molar-refractivity contribution >= 4 is 5.96 Å². The summed E-state index contributed by atoms with van der Waals surface area (Å²) in [5, 5.41) is 15.5. The minimum Gasteiger partial charge on any atom is -0.357 e. The van der Waals surface area contributed by atoms with Gasteiger partial charge < -0.3 is 15.2 Å². The molecule has 0 bridgehead atoms. The molecule has 0 aliphatic carbocycles. The van der Waals surface area contributed by atoms with Crippen molar-refractivity contribution in [3.05, 3.63) is 46.5 Å². The second kappa shape index (κ2) is 8.83. The van der Waals surface area contributed by atoms with Gasteiger partial charge in [-0.3, -0.25) is 0 Å². The van der Waals surface area contributed by atoms with Gasteiger partial charge in [-0.25, -0.2) is 4.99 Å². The first-order valence-electron chi connectivity index (χ1n) is 9.66. The molecular weight excluding hydrogens is 324 g/mol. The van der Waals surface area contributed by atoms with E-state index in [9.17, 15) is 0 Å². The normalized spacial score (nSPS) is 14.7. The summed E-state index contributed by atoms with van der Waals surface area (Å²) in [5.74, 6) is 2.94. The van der Waals surface area contributed by atoms with Gasteiger partial charge in [0.15, 0.2) is 11.8 Å². The Hall–Kier alpha value is -2.37. The molecule has 1 aromatic carbocycles. The monoisotopic (exact) mass is 354 g/mol. The Morgan fingerprint density at radius 2 is 2.04 bits per heavy atom. The zero-order chi connectivity index (χ0) is 18.4. The van der Waals surface area contributed by atoms with Crippen LogP contribution in [0, 0.1) is 13.8 Å². The van der Waals surface area contributed by atoms with E-state index in [-0.39, 0.29) is 0 Å². The lowest BCUT2D eigenvalue weighted by Crippen LogP contribution is -2.37. The molecule has 6 nitrogen and oxygen atoms in total. The van der Waals surface area contributed by atoms with Crippen LogP contribution in [0.25, 0.3) is 0 Å². The van der Waals surface area contributed by atoms with E-state index in [0.29, 0.717) is 13.1 Å². The number of aryl methyl sites for hydroxylation is 3. The molecule has 140 valence electrons. The molecular formula is C20H30N6. The van der Waals surface area contributed by atoms with Gasteiger partial charge in [0.1, 0.15) is 5.82 Å². The highest BCUT2D eigenvalue weighted by Gasteiger charge is 2.14. The lowest BCUT2D eigenvalue weighted by molar-refractivity contribution is 0.596. The van der Waals surface area contributed by atoms with Gasteiger partial charge in [0.25, 0.3) is 0 Å². The number of aliphatic imine (C=N–C) groups is 1. The predicted molar refractivity (Wildman–Crippen MR) is 105 cm³/mol. The molecule has 0 unspecified atom stereocenters. The van der Waals surface area contributed by atoms with Crippen LogP contribution in [-0.2, 0) is 26.1 Å². The first-order valence-corrected chi connectivity index (χ1v) is 9.66. The second-order valence-electron chi connectivity index (χ2n) is 6.97. The number of guanidine groups is 1. The third kappa shape index (κ3) is 4.62. The van der Waals surface area contributed by atoms with Gasteiger partial charge in [0.2, 0.25) is 0 Å². The van der Waals surface area contributed by atoms with Crippen molar-refractivity contribution < 1.29 is 0 Å². The number of nitrogens with one attached hydrogen (secondary N) is 2. The fourth-order valence-corrected chi connectivity index (χ4v) is 3.37. The van der Waals surface area contributed by atoms with Crippen LogP contribution in [0.3, 0.4) is 0 Å². The molecule has 0 spiro atoms. The van der Waals surface area contributed by atoms with Crippen LogP contribution in [0.5, 0.6) is 0 Å². The molecule has 6 heteroatoms. The SMILES string of the molecule is CCNC(=NCc1ccc(C)cc1C)NCc1nnc2n1CCCCC2. The summed E-state index contributed by atoms with van der Waals surface area (Å²) in [4.78, 5) is 4.74. The third-order valence-electron chi connectivity index (χ3n) is 4.85. The van der Waals surface area contributed by atoms with Gasteiger partial charge in [0.05, 0.1) is 13.1 Å². The molecule has 2 heterocycles. The number of benzene rings is 1. The Labute approximate surface area is 156 Å². The highest BCUT2D eigenvalue weighted by Crippen LogP contribution is 2.14. The van der Waals surface area contributed by atoms with Crippen LogP contribution < -0.4 is 10.6 Å². The molecule has 0 radical (unpaired) electrons. The Kier molecular flexibility index (Phi) is 6.26. The zero-order valence-corrected chi connectivity index (χ0v) is 16.2. The number of nitrogens with zero attached hydrogens (tertiary/aromatic N) is 4. The summed E-state index contributed by atoms with van der Waals surface area (Å²) >= 11 is 0. The van der Waals surface area contributed by atoms with Crippen molar-refractivity contribution in [2.75, 3.05) is 6.54 Å². The van der Waals surface area contributed by atoms with Gasteiger partial charge in [-0.1, -0.05) is 30.2 Å². The van der Waals surface area contributed by atoms with E-state index in [1.807, 2.05) is 0 Å². The number of fused-ring (bicyclic) bond motifs is 1. The topological polar surface area (TPSA) is 67.1 Å². The minimum absolute atomic E-state index is 0.645. The maximum atomic E-state index is 4.74. The van der Waals surface area contributed by atoms with Crippen LogP contribution in [0.4, 0.5) is 0 Å². The smallest absolute Gasteiger partial charge is 0.191 e. The average molecular weight is 355 g/mol. The van der Waals surface area contributed by atoms with Gasteiger partial charge in [-0.15, -0.1) is 10.2 Å². The maximum absolute atomic E-state index is 4.74. The lowest BCUT2D eigenvalue weighted by atomic mass is 10.1. The first-order chi connectivity index (χ1) is 12.7. The molecule has 1 aliphatic heterocycles. The number of aromatic nitrogens is 3. The quantitative estimate of drug-likeness (QED) is 0.640. The standard InChI is InChI=1S/C20H30N6/c1-4-21-20(22-13-17-10-9-15(2)12-16(17)3)23-14-19-25-24-18-8-6-5-7-11-26(18)19/h9-10,12H,4-8,11,13-14H2,1-3H3,(H2,21,22,23). The molecule has 0 saturated carbocycles. The van der Waals surface area contributed by atoms with Crippen LogP contribution >= 0.6 is 0 Å². The second-order valence-corrected chi connectivity index (χ2v) is 6.97. The molecule has 1 aliphatic rings. The van der Waals surface area contributed by atoms with Crippen molar-refractivity contribution in [3.8, 4) is 0 Å². The summed E-state index contributed by atoms with van der Waals surface area (Å²) in [5.41, 5.74) is 3.82. The number of hydrogen-bond donors (Lipinski definition) is 2. The van der Waals surface area contributed by atoms with E-state index in [4.69, 9.17) is 4.99 Å². The summed E-state index contributed by atoms with van der Waals surface area (Å²) in [6.07, 6.45) is 4.73. The van der Waals surface area contributed by atoms with Gasteiger partial charge in [0, 0.05) is 19.5 Å². The summed E-state index contributed by atoms with van der Waals surface area (Å²) in [6.45, 7) is 9.51.